The van der Waals surface area contributed by atoms with Crippen LogP contribution < -0.4 is 11.1 Å². The third-order valence-corrected chi connectivity index (χ3v) is 2.68. The molecule has 15 heavy (non-hydrogen) atoms. The molecule has 1 atom stereocenters. The van der Waals surface area contributed by atoms with Gasteiger partial charge in [-0.1, -0.05) is 6.07 Å². The van der Waals surface area contributed by atoms with Crippen molar-refractivity contribution in [2.24, 2.45) is 5.73 Å². The van der Waals surface area contributed by atoms with Crippen LogP contribution in [0.25, 0.3) is 0 Å². The molecule has 1 unspecified atom stereocenters. The molecule has 0 bridgehead atoms. The minimum Gasteiger partial charge on any atom is -0.373 e. The number of halogens is 1. The molecule has 0 saturated heterocycles. The zero-order chi connectivity index (χ0) is 10.8. The first-order valence-corrected chi connectivity index (χ1v) is 5.01. The van der Waals surface area contributed by atoms with Gasteiger partial charge in [0.15, 0.2) is 0 Å². The number of carbonyl (C=O) groups is 1. The SMILES string of the molecule is NC(=O)C1CCCc2ccc(F)cc2N1. The van der Waals surface area contributed by atoms with Crippen molar-refractivity contribution in [1.82, 2.24) is 0 Å². The van der Waals surface area contributed by atoms with Gasteiger partial charge in [0, 0.05) is 5.69 Å². The number of hydrogen-bond acceptors (Lipinski definition) is 2. The molecule has 1 heterocycles. The number of carbonyl (C=O) groups excluding carboxylic acids is 1. The van der Waals surface area contributed by atoms with Gasteiger partial charge in [0.25, 0.3) is 0 Å². The van der Waals surface area contributed by atoms with Crippen LogP contribution in [0.2, 0.25) is 0 Å². The fourth-order valence-corrected chi connectivity index (χ4v) is 1.87. The molecule has 2 rings (SSSR count). The third kappa shape index (κ3) is 2.09. The van der Waals surface area contributed by atoms with Crippen LogP contribution in [0.4, 0.5) is 10.1 Å². The van der Waals surface area contributed by atoms with E-state index in [2.05, 4.69) is 5.32 Å². The summed E-state index contributed by atoms with van der Waals surface area (Å²) in [5.41, 5.74) is 6.97. The van der Waals surface area contributed by atoms with E-state index in [1.54, 1.807) is 6.07 Å². The van der Waals surface area contributed by atoms with Gasteiger partial charge in [0.05, 0.1) is 0 Å². The van der Waals surface area contributed by atoms with Gasteiger partial charge in [-0.25, -0.2) is 4.39 Å². The molecule has 0 saturated carbocycles. The molecule has 0 fully saturated rings. The maximum Gasteiger partial charge on any atom is 0.239 e. The summed E-state index contributed by atoms with van der Waals surface area (Å²) in [7, 11) is 0. The highest BCUT2D eigenvalue weighted by Gasteiger charge is 2.19. The number of hydrogen-bond donors (Lipinski definition) is 2. The number of rotatable bonds is 1. The maximum atomic E-state index is 13.0. The Labute approximate surface area is 87.5 Å². The first-order valence-electron chi connectivity index (χ1n) is 5.01. The number of anilines is 1. The van der Waals surface area contributed by atoms with Crippen LogP contribution >= 0.6 is 0 Å². The Hall–Kier alpha value is -1.58. The predicted octanol–water partition coefficient (Wildman–Crippen LogP) is 1.43. The van der Waals surface area contributed by atoms with E-state index in [1.165, 1.54) is 12.1 Å². The summed E-state index contributed by atoms with van der Waals surface area (Å²) in [6.45, 7) is 0. The first-order chi connectivity index (χ1) is 7.16. The number of fused-ring (bicyclic) bond motifs is 1. The van der Waals surface area contributed by atoms with Gasteiger partial charge in [-0.05, 0) is 37.0 Å². The Morgan fingerprint density at radius 1 is 1.53 bits per heavy atom. The van der Waals surface area contributed by atoms with Crippen molar-refractivity contribution >= 4 is 11.6 Å². The van der Waals surface area contributed by atoms with Crippen molar-refractivity contribution in [3.63, 3.8) is 0 Å². The van der Waals surface area contributed by atoms with Gasteiger partial charge in [0.1, 0.15) is 11.9 Å². The predicted molar refractivity (Wildman–Crippen MR) is 55.9 cm³/mol. The molecule has 3 N–H and O–H groups in total. The molecule has 0 radical (unpaired) electrons. The van der Waals surface area contributed by atoms with Crippen LogP contribution in [-0.2, 0) is 11.2 Å². The fourth-order valence-electron chi connectivity index (χ4n) is 1.87. The zero-order valence-electron chi connectivity index (χ0n) is 8.29. The van der Waals surface area contributed by atoms with Crippen LogP contribution in [0.5, 0.6) is 0 Å². The third-order valence-electron chi connectivity index (χ3n) is 2.68. The molecule has 0 spiro atoms. The molecular weight excluding hydrogens is 195 g/mol. The highest BCUT2D eigenvalue weighted by atomic mass is 19.1. The molecule has 0 aromatic heterocycles. The topological polar surface area (TPSA) is 55.1 Å². The minimum atomic E-state index is -0.382. The van der Waals surface area contributed by atoms with Crippen molar-refractivity contribution in [3.05, 3.63) is 29.6 Å². The largest absolute Gasteiger partial charge is 0.373 e. The Morgan fingerprint density at radius 3 is 3.07 bits per heavy atom. The lowest BCUT2D eigenvalue weighted by atomic mass is 10.1. The van der Waals surface area contributed by atoms with Crippen molar-refractivity contribution in [3.8, 4) is 0 Å². The van der Waals surface area contributed by atoms with Crippen LogP contribution in [0.1, 0.15) is 18.4 Å². The van der Waals surface area contributed by atoms with E-state index in [0.717, 1.165) is 18.4 Å². The second-order valence-electron chi connectivity index (χ2n) is 3.79. The summed E-state index contributed by atoms with van der Waals surface area (Å²) >= 11 is 0. The molecule has 1 aromatic rings. The molecular formula is C11H13FN2O. The molecule has 0 aliphatic carbocycles. The Balaban J connectivity index is 2.31. The summed E-state index contributed by atoms with van der Waals surface area (Å²) < 4.78 is 13.0. The molecule has 4 heteroatoms. The van der Waals surface area contributed by atoms with Crippen molar-refractivity contribution in [2.45, 2.75) is 25.3 Å². The number of primary amides is 1. The van der Waals surface area contributed by atoms with Gasteiger partial charge in [-0.15, -0.1) is 0 Å². The maximum absolute atomic E-state index is 13.0. The van der Waals surface area contributed by atoms with Crippen LogP contribution in [-0.4, -0.2) is 11.9 Å². The average Bonchev–Trinajstić information content (AvgIpc) is 2.39. The molecule has 1 amide bonds. The van der Waals surface area contributed by atoms with Gasteiger partial charge in [0.2, 0.25) is 5.91 Å². The van der Waals surface area contributed by atoms with Gasteiger partial charge >= 0.3 is 0 Å². The molecule has 80 valence electrons. The highest BCUT2D eigenvalue weighted by molar-refractivity contribution is 5.83. The quantitative estimate of drug-likeness (QED) is 0.733. The van der Waals surface area contributed by atoms with Crippen LogP contribution in [0, 0.1) is 5.82 Å². The molecule has 1 aliphatic rings. The Kier molecular flexibility index (Phi) is 2.58. The normalized spacial score (nSPS) is 19.9. The van der Waals surface area contributed by atoms with E-state index >= 15 is 0 Å². The number of amides is 1. The molecule has 1 aromatic carbocycles. The molecule has 1 aliphatic heterocycles. The molecule has 3 nitrogen and oxygen atoms in total. The van der Waals surface area contributed by atoms with Crippen molar-refractivity contribution in [1.29, 1.82) is 0 Å². The average molecular weight is 208 g/mol. The van der Waals surface area contributed by atoms with Gasteiger partial charge < -0.3 is 11.1 Å². The van der Waals surface area contributed by atoms with Crippen molar-refractivity contribution < 1.29 is 9.18 Å². The number of nitrogens with two attached hydrogens (primary N) is 1. The second-order valence-corrected chi connectivity index (χ2v) is 3.79. The lowest BCUT2D eigenvalue weighted by Crippen LogP contribution is -2.34. The number of aryl methyl sites for hydroxylation is 1. The van der Waals surface area contributed by atoms with E-state index in [4.69, 9.17) is 5.73 Å². The lowest BCUT2D eigenvalue weighted by molar-refractivity contribution is -0.118. The Bertz CT molecular complexity index is 392. The van der Waals surface area contributed by atoms with Gasteiger partial charge in [-0.3, -0.25) is 4.79 Å². The van der Waals surface area contributed by atoms with E-state index in [1.807, 2.05) is 0 Å². The minimum absolute atomic E-state index is 0.300. The summed E-state index contributed by atoms with van der Waals surface area (Å²) in [6.07, 6.45) is 2.44. The summed E-state index contributed by atoms with van der Waals surface area (Å²) in [6, 6.07) is 4.22. The Morgan fingerprint density at radius 2 is 2.33 bits per heavy atom. The highest BCUT2D eigenvalue weighted by Crippen LogP contribution is 2.24. The standard InChI is InChI=1S/C11H13FN2O/c12-8-5-4-7-2-1-3-9(11(13)15)14-10(7)6-8/h4-6,9,14H,1-3H2,(H2,13,15). The number of nitrogens with one attached hydrogen (secondary N) is 1. The fraction of sp³-hybridized carbons (Fsp3) is 0.364. The van der Waals surface area contributed by atoms with Crippen molar-refractivity contribution in [2.75, 3.05) is 5.32 Å². The lowest BCUT2D eigenvalue weighted by Gasteiger charge is -2.14. The van der Waals surface area contributed by atoms with E-state index in [-0.39, 0.29) is 17.8 Å². The number of benzene rings is 1. The van der Waals surface area contributed by atoms with E-state index in [0.29, 0.717) is 12.1 Å². The van der Waals surface area contributed by atoms with Crippen LogP contribution in [0.3, 0.4) is 0 Å². The summed E-state index contributed by atoms with van der Waals surface area (Å²) in [5.74, 6) is -0.682. The monoisotopic (exact) mass is 208 g/mol. The second kappa shape index (κ2) is 3.88. The van der Waals surface area contributed by atoms with Crippen LogP contribution in [0.15, 0.2) is 18.2 Å². The van der Waals surface area contributed by atoms with E-state index in [9.17, 15) is 9.18 Å². The smallest absolute Gasteiger partial charge is 0.239 e. The van der Waals surface area contributed by atoms with E-state index < -0.39 is 0 Å². The van der Waals surface area contributed by atoms with Gasteiger partial charge in [-0.2, -0.15) is 0 Å². The summed E-state index contributed by atoms with van der Waals surface area (Å²) in [4.78, 5) is 11.1. The first kappa shape index (κ1) is 9.96. The zero-order valence-corrected chi connectivity index (χ0v) is 8.29. The summed E-state index contributed by atoms with van der Waals surface area (Å²) in [5, 5.41) is 2.99.